The summed E-state index contributed by atoms with van der Waals surface area (Å²) in [5.74, 6) is 1.06. The van der Waals surface area contributed by atoms with Crippen LogP contribution in [0.15, 0.2) is 23.7 Å². The minimum atomic E-state index is 0.398. The van der Waals surface area contributed by atoms with Gasteiger partial charge in [0.25, 0.3) is 0 Å². The second-order valence-corrected chi connectivity index (χ2v) is 5.83. The van der Waals surface area contributed by atoms with E-state index in [2.05, 4.69) is 35.2 Å². The molecule has 0 radical (unpaired) electrons. The molecule has 1 atom stereocenters. The van der Waals surface area contributed by atoms with Crippen molar-refractivity contribution in [1.29, 1.82) is 0 Å². The van der Waals surface area contributed by atoms with Crippen LogP contribution in [0.4, 0.5) is 11.5 Å². The van der Waals surface area contributed by atoms with Crippen molar-refractivity contribution in [2.24, 2.45) is 0 Å². The van der Waals surface area contributed by atoms with E-state index in [1.54, 1.807) is 6.20 Å². The second-order valence-electron chi connectivity index (χ2n) is 4.83. The van der Waals surface area contributed by atoms with Gasteiger partial charge in [0.15, 0.2) is 0 Å². The Morgan fingerprint density at radius 1 is 1.50 bits per heavy atom. The van der Waals surface area contributed by atoms with Crippen molar-refractivity contribution in [1.82, 2.24) is 4.98 Å². The van der Waals surface area contributed by atoms with Crippen molar-refractivity contribution < 1.29 is 0 Å². The molecule has 0 fully saturated rings. The summed E-state index contributed by atoms with van der Waals surface area (Å²) in [5, 5.41) is 2.19. The Hall–Kier alpha value is -1.55. The van der Waals surface area contributed by atoms with Gasteiger partial charge in [-0.25, -0.2) is 4.98 Å². The first-order valence-electron chi connectivity index (χ1n) is 6.22. The summed E-state index contributed by atoms with van der Waals surface area (Å²) >= 11 is 1.87. The molecular formula is C14H17N3S. The third-order valence-corrected chi connectivity index (χ3v) is 4.62. The van der Waals surface area contributed by atoms with Gasteiger partial charge in [-0.1, -0.05) is 0 Å². The van der Waals surface area contributed by atoms with E-state index >= 15 is 0 Å². The molecule has 0 aliphatic carbocycles. The third-order valence-electron chi connectivity index (χ3n) is 3.62. The highest BCUT2D eigenvalue weighted by atomic mass is 32.1. The number of aromatic nitrogens is 1. The van der Waals surface area contributed by atoms with Gasteiger partial charge in [-0.15, -0.1) is 11.3 Å². The van der Waals surface area contributed by atoms with Crippen LogP contribution >= 0.6 is 11.3 Å². The van der Waals surface area contributed by atoms with Crippen molar-refractivity contribution in [3.63, 3.8) is 0 Å². The lowest BCUT2D eigenvalue weighted by atomic mass is 10.0. The average molecular weight is 259 g/mol. The number of nitrogens with two attached hydrogens (primary N) is 1. The fourth-order valence-electron chi connectivity index (χ4n) is 2.69. The van der Waals surface area contributed by atoms with Crippen LogP contribution in [-0.2, 0) is 6.42 Å². The molecule has 0 spiro atoms. The van der Waals surface area contributed by atoms with Gasteiger partial charge in [0.1, 0.15) is 5.82 Å². The van der Waals surface area contributed by atoms with Gasteiger partial charge in [-0.3, -0.25) is 0 Å². The van der Waals surface area contributed by atoms with E-state index < -0.39 is 0 Å². The minimum Gasteiger partial charge on any atom is -0.397 e. The summed E-state index contributed by atoms with van der Waals surface area (Å²) in [7, 11) is 0. The lowest BCUT2D eigenvalue weighted by molar-refractivity contribution is 0.623. The third kappa shape index (κ3) is 1.77. The van der Waals surface area contributed by atoms with Crippen LogP contribution in [0.25, 0.3) is 0 Å². The van der Waals surface area contributed by atoms with E-state index in [0.717, 1.165) is 30.0 Å². The minimum absolute atomic E-state index is 0.398. The summed E-state index contributed by atoms with van der Waals surface area (Å²) in [6, 6.07) is 4.64. The average Bonchev–Trinajstić information content (AvgIpc) is 2.80. The second kappa shape index (κ2) is 4.28. The monoisotopic (exact) mass is 259 g/mol. The van der Waals surface area contributed by atoms with Gasteiger partial charge in [0, 0.05) is 11.4 Å². The largest absolute Gasteiger partial charge is 0.397 e. The molecule has 0 saturated heterocycles. The smallest absolute Gasteiger partial charge is 0.132 e. The Kier molecular flexibility index (Phi) is 2.74. The van der Waals surface area contributed by atoms with Crippen LogP contribution in [-0.4, -0.2) is 11.5 Å². The predicted octanol–water partition coefficient (Wildman–Crippen LogP) is 3.16. The van der Waals surface area contributed by atoms with E-state index in [4.69, 9.17) is 5.73 Å². The Morgan fingerprint density at radius 2 is 2.33 bits per heavy atom. The maximum absolute atomic E-state index is 5.77. The number of anilines is 2. The quantitative estimate of drug-likeness (QED) is 0.855. The molecule has 2 aromatic heterocycles. The number of hydrogen-bond donors (Lipinski definition) is 1. The molecule has 94 valence electrons. The van der Waals surface area contributed by atoms with Crippen LogP contribution in [0, 0.1) is 6.92 Å². The van der Waals surface area contributed by atoms with Gasteiger partial charge in [0.05, 0.1) is 17.9 Å². The fraction of sp³-hybridized carbons (Fsp3) is 0.357. The van der Waals surface area contributed by atoms with Gasteiger partial charge in [-0.2, -0.15) is 0 Å². The normalized spacial score (nSPS) is 18.8. The Bertz CT molecular complexity index is 576. The Morgan fingerprint density at radius 3 is 3.11 bits per heavy atom. The number of pyridine rings is 1. The molecule has 2 aromatic rings. The SMILES string of the molecule is Cc1cc(N)cnc1N1CCc2sccc2C1C. The fourth-order valence-corrected chi connectivity index (χ4v) is 3.65. The molecule has 3 heterocycles. The summed E-state index contributed by atoms with van der Waals surface area (Å²) < 4.78 is 0. The van der Waals surface area contributed by atoms with Crippen LogP contribution in [0.1, 0.15) is 29.0 Å². The molecule has 1 aliphatic heterocycles. The van der Waals surface area contributed by atoms with E-state index in [9.17, 15) is 0 Å². The Labute approximate surface area is 111 Å². The Balaban J connectivity index is 1.99. The van der Waals surface area contributed by atoms with Gasteiger partial charge in [0.2, 0.25) is 0 Å². The summed E-state index contributed by atoms with van der Waals surface area (Å²) in [4.78, 5) is 8.41. The van der Waals surface area contributed by atoms with Crippen LogP contribution in [0.5, 0.6) is 0 Å². The lowest BCUT2D eigenvalue weighted by Crippen LogP contribution is -2.34. The first-order valence-corrected chi connectivity index (χ1v) is 7.10. The predicted molar refractivity (Wildman–Crippen MR) is 77.2 cm³/mol. The van der Waals surface area contributed by atoms with Gasteiger partial charge in [-0.05, 0) is 48.9 Å². The molecule has 0 aromatic carbocycles. The van der Waals surface area contributed by atoms with Crippen LogP contribution < -0.4 is 10.6 Å². The summed E-state index contributed by atoms with van der Waals surface area (Å²) in [6.07, 6.45) is 2.86. The topological polar surface area (TPSA) is 42.1 Å². The van der Waals surface area contributed by atoms with Crippen molar-refractivity contribution in [3.8, 4) is 0 Å². The maximum Gasteiger partial charge on any atom is 0.132 e. The zero-order chi connectivity index (χ0) is 12.7. The standard InChI is InChI=1S/C14H17N3S/c1-9-7-11(15)8-16-14(9)17-5-3-13-12(10(17)2)4-6-18-13/h4,6-8,10H,3,5,15H2,1-2H3. The molecule has 0 amide bonds. The molecule has 0 bridgehead atoms. The molecule has 3 rings (SSSR count). The van der Waals surface area contributed by atoms with Gasteiger partial charge < -0.3 is 10.6 Å². The number of rotatable bonds is 1. The zero-order valence-corrected chi connectivity index (χ0v) is 11.5. The number of aryl methyl sites for hydroxylation is 1. The van der Waals surface area contributed by atoms with E-state index in [-0.39, 0.29) is 0 Å². The molecule has 3 nitrogen and oxygen atoms in total. The van der Waals surface area contributed by atoms with Crippen molar-refractivity contribution in [2.45, 2.75) is 26.3 Å². The molecule has 4 heteroatoms. The highest BCUT2D eigenvalue weighted by Gasteiger charge is 2.26. The van der Waals surface area contributed by atoms with Crippen LogP contribution in [0.3, 0.4) is 0 Å². The number of thiophene rings is 1. The first kappa shape index (κ1) is 11.5. The van der Waals surface area contributed by atoms with Crippen molar-refractivity contribution in [2.75, 3.05) is 17.2 Å². The number of hydrogen-bond acceptors (Lipinski definition) is 4. The number of nitrogens with zero attached hydrogens (tertiary/aromatic N) is 2. The van der Waals surface area contributed by atoms with E-state index in [0.29, 0.717) is 6.04 Å². The molecule has 18 heavy (non-hydrogen) atoms. The molecule has 0 saturated carbocycles. The first-order chi connectivity index (χ1) is 8.66. The van der Waals surface area contributed by atoms with E-state index in [1.807, 2.05) is 17.4 Å². The van der Waals surface area contributed by atoms with Gasteiger partial charge >= 0.3 is 0 Å². The highest BCUT2D eigenvalue weighted by Crippen LogP contribution is 2.36. The molecule has 1 unspecified atom stereocenters. The summed E-state index contributed by atoms with van der Waals surface area (Å²) in [6.45, 7) is 5.36. The maximum atomic E-state index is 5.77. The van der Waals surface area contributed by atoms with Crippen molar-refractivity contribution in [3.05, 3.63) is 39.7 Å². The number of fused-ring (bicyclic) bond motifs is 1. The molecule has 1 aliphatic rings. The molecular weight excluding hydrogens is 242 g/mol. The summed E-state index contributed by atoms with van der Waals surface area (Å²) in [5.41, 5.74) is 9.11. The highest BCUT2D eigenvalue weighted by molar-refractivity contribution is 7.10. The van der Waals surface area contributed by atoms with Crippen LogP contribution in [0.2, 0.25) is 0 Å². The number of nitrogen functional groups attached to an aromatic ring is 1. The zero-order valence-electron chi connectivity index (χ0n) is 10.7. The van der Waals surface area contributed by atoms with Crippen molar-refractivity contribution >= 4 is 22.8 Å². The lowest BCUT2D eigenvalue weighted by Gasteiger charge is -2.35. The van der Waals surface area contributed by atoms with E-state index in [1.165, 1.54) is 10.4 Å². The molecule has 2 N–H and O–H groups in total.